The second-order valence-corrected chi connectivity index (χ2v) is 21.2. The zero-order chi connectivity index (χ0) is 42.9. The van der Waals surface area contributed by atoms with E-state index in [9.17, 15) is 14.7 Å². The summed E-state index contributed by atoms with van der Waals surface area (Å²) in [6.45, 7) is 12.7. The largest absolute Gasteiger partial charge is 0.459 e. The number of aliphatic hydroxyl groups is 1. The van der Waals surface area contributed by atoms with Crippen molar-refractivity contribution in [2.75, 3.05) is 0 Å². The van der Waals surface area contributed by atoms with Crippen LogP contribution in [0.25, 0.3) is 0 Å². The molecular weight excluding hydrogens is 797 g/mol. The average molecular weight is 867 g/mol. The fraction of sp³-hybridized carbons (Fsp3) is 0.837. The van der Waals surface area contributed by atoms with E-state index in [1.54, 1.807) is 0 Å². The first-order valence-electron chi connectivity index (χ1n) is 24.1. The number of carbonyl (C=O) groups excluding carboxylic acids is 2. The zero-order valence-electron chi connectivity index (χ0n) is 37.1. The van der Waals surface area contributed by atoms with Crippen molar-refractivity contribution in [3.05, 3.63) is 36.5 Å². The number of rotatable bonds is 3. The number of hydrogen-bond acceptors (Lipinski definition) is 13. The van der Waals surface area contributed by atoms with Gasteiger partial charge in [0.2, 0.25) is 0 Å². The third-order valence-corrected chi connectivity index (χ3v) is 16.2. The monoisotopic (exact) mass is 866 g/mol. The van der Waals surface area contributed by atoms with Crippen LogP contribution in [0.3, 0.4) is 0 Å². The van der Waals surface area contributed by atoms with Crippen molar-refractivity contribution in [2.45, 2.75) is 245 Å². The molecule has 10 rings (SSSR count). The average Bonchev–Trinajstić information content (AvgIpc) is 3.52. The second-order valence-electron chi connectivity index (χ2n) is 21.2. The fourth-order valence-corrected chi connectivity index (χ4v) is 13.2. The Morgan fingerprint density at radius 2 is 1.42 bits per heavy atom. The van der Waals surface area contributed by atoms with Gasteiger partial charge in [0.25, 0.3) is 0 Å². The fourth-order valence-electron chi connectivity index (χ4n) is 13.2. The van der Waals surface area contributed by atoms with Crippen molar-refractivity contribution < 1.29 is 62.1 Å². The third kappa shape index (κ3) is 8.71. The molecule has 62 heavy (non-hydrogen) atoms. The van der Waals surface area contributed by atoms with E-state index in [0.29, 0.717) is 56.4 Å². The Kier molecular flexibility index (Phi) is 12.5. The molecule has 13 heteroatoms. The molecular formula is C49H70O13. The summed E-state index contributed by atoms with van der Waals surface area (Å²) in [5.74, 6) is 0.336. The van der Waals surface area contributed by atoms with Gasteiger partial charge >= 0.3 is 5.97 Å². The summed E-state index contributed by atoms with van der Waals surface area (Å²) in [4.78, 5) is 23.6. The highest BCUT2D eigenvalue weighted by atomic mass is 16.6. The SMILES string of the molecule is C=C(C=O)C[C@H]1C[C@@H](O)[C@@H]2O[C@@H]3C[C@]4(C)O[C@@H]5/C=C\C[C@H]6O[C@H]7[C@H](C)C[C@@H]8O[C@@]9(C)C[C@H](C)C[C@@H]%10OC(=O)C[C@H]%10O[C@@H]9C[C@H]8O[C@@H]7C/C=C\C[C@H]6O[C@@H]5CCC[C@@H]4O[C@@H]3C[C@H]2O1. The van der Waals surface area contributed by atoms with Crippen molar-refractivity contribution in [1.82, 2.24) is 0 Å². The first-order valence-corrected chi connectivity index (χ1v) is 24.1. The first-order chi connectivity index (χ1) is 29.8. The van der Waals surface area contributed by atoms with Gasteiger partial charge in [-0.1, -0.05) is 44.7 Å². The smallest absolute Gasteiger partial charge is 0.308 e. The van der Waals surface area contributed by atoms with Gasteiger partial charge in [-0.05, 0) is 89.0 Å². The predicted octanol–water partition coefficient (Wildman–Crippen LogP) is 5.95. The number of aliphatic hydroxyl groups excluding tert-OH is 1. The summed E-state index contributed by atoms with van der Waals surface area (Å²) >= 11 is 0. The molecule has 0 radical (unpaired) electrons. The van der Waals surface area contributed by atoms with Crippen molar-refractivity contribution >= 4 is 12.3 Å². The lowest BCUT2D eigenvalue weighted by Gasteiger charge is -2.55. The van der Waals surface area contributed by atoms with Gasteiger partial charge in [0.05, 0.1) is 103 Å². The van der Waals surface area contributed by atoms with E-state index in [1.807, 2.05) is 0 Å². The lowest BCUT2D eigenvalue weighted by atomic mass is 9.78. The van der Waals surface area contributed by atoms with Crippen LogP contribution in [0.5, 0.6) is 0 Å². The summed E-state index contributed by atoms with van der Waals surface area (Å²) in [5, 5.41) is 11.2. The van der Waals surface area contributed by atoms with Crippen LogP contribution in [0.2, 0.25) is 0 Å². The number of ether oxygens (including phenoxy) is 10. The normalized spacial score (nSPS) is 53.8. The number of carbonyl (C=O) groups is 2. The van der Waals surface area contributed by atoms with Gasteiger partial charge in [0.15, 0.2) is 0 Å². The summed E-state index contributed by atoms with van der Waals surface area (Å²) in [6, 6.07) is 0. The number of hydrogen-bond donors (Lipinski definition) is 1. The van der Waals surface area contributed by atoms with Gasteiger partial charge in [-0.2, -0.15) is 0 Å². The zero-order valence-corrected chi connectivity index (χ0v) is 37.1. The molecule has 13 nitrogen and oxygen atoms in total. The Morgan fingerprint density at radius 1 is 0.694 bits per heavy atom. The highest BCUT2D eigenvalue weighted by Crippen LogP contribution is 2.48. The molecule has 10 aliphatic rings. The number of aldehydes is 1. The lowest BCUT2D eigenvalue weighted by molar-refractivity contribution is -0.316. The summed E-state index contributed by atoms with van der Waals surface area (Å²) in [5.41, 5.74) is -0.638. The minimum absolute atomic E-state index is 0.0861. The predicted molar refractivity (Wildman–Crippen MR) is 224 cm³/mol. The minimum Gasteiger partial charge on any atom is -0.459 e. The minimum atomic E-state index is -0.697. The quantitative estimate of drug-likeness (QED) is 0.155. The van der Waals surface area contributed by atoms with Gasteiger partial charge in [-0.25, -0.2) is 0 Å². The van der Waals surface area contributed by atoms with Gasteiger partial charge in [-0.15, -0.1) is 0 Å². The molecule has 8 fully saturated rings. The molecule has 22 atom stereocenters. The van der Waals surface area contributed by atoms with E-state index in [1.165, 1.54) is 0 Å². The molecule has 0 unspecified atom stereocenters. The van der Waals surface area contributed by atoms with E-state index >= 15 is 0 Å². The Hall–Kier alpha value is -2.04. The van der Waals surface area contributed by atoms with Crippen LogP contribution in [0, 0.1) is 11.8 Å². The summed E-state index contributed by atoms with van der Waals surface area (Å²) < 4.78 is 68.1. The maximum Gasteiger partial charge on any atom is 0.308 e. The first kappa shape index (κ1) is 43.8. The standard InChI is InChI=1S/C49H70O13/c1-26-17-36-39(22-45(52)58-36)57-44-21-38-40(62-48(44,4)23-26)18-28(3)46-35(55-38)11-7-6-10-31-32(59-46)12-8-14-34-33(54-31)13-9-15-43-49(5,61-34)24-42-37(56-43)20-41-47(60-42)30(51)19-29(53-41)16-27(2)25-50/h6-8,14,25-26,28-44,46-47,51H,2,9-13,15-24H2,1,3-5H3/b7-6-,14-8-/t26-,28-,29+,30-,31-,32-,33-,34-,35-,36+,37-,38-,39-,40+,41-,42-,43+,44-,46+,47+,48+,49+/m1/s1. The molecule has 10 heterocycles. The molecule has 0 aromatic heterocycles. The van der Waals surface area contributed by atoms with Crippen LogP contribution in [0.1, 0.15) is 124 Å². The Morgan fingerprint density at radius 3 is 2.26 bits per heavy atom. The lowest BCUT2D eigenvalue weighted by Crippen LogP contribution is -2.65. The van der Waals surface area contributed by atoms with Crippen molar-refractivity contribution in [2.24, 2.45) is 11.8 Å². The van der Waals surface area contributed by atoms with Crippen molar-refractivity contribution in [3.8, 4) is 0 Å². The molecule has 344 valence electrons. The number of esters is 1. The van der Waals surface area contributed by atoms with Crippen LogP contribution in [-0.4, -0.2) is 138 Å². The van der Waals surface area contributed by atoms with Crippen LogP contribution < -0.4 is 0 Å². The Bertz CT molecular complexity index is 1720. The topological polar surface area (TPSA) is 147 Å². The van der Waals surface area contributed by atoms with E-state index in [-0.39, 0.29) is 110 Å². The van der Waals surface area contributed by atoms with Gasteiger partial charge in [0.1, 0.15) is 30.7 Å². The number of fused-ring (bicyclic) bond motifs is 9. The summed E-state index contributed by atoms with van der Waals surface area (Å²) in [6.07, 6.45) is 15.7. The molecule has 0 aromatic carbocycles. The molecule has 0 saturated carbocycles. The Balaban J connectivity index is 0.817. The molecule has 10 aliphatic heterocycles. The molecule has 0 aliphatic carbocycles. The van der Waals surface area contributed by atoms with E-state index < -0.39 is 23.4 Å². The third-order valence-electron chi connectivity index (χ3n) is 16.2. The highest BCUT2D eigenvalue weighted by Gasteiger charge is 2.57. The van der Waals surface area contributed by atoms with Gasteiger partial charge in [0, 0.05) is 32.1 Å². The van der Waals surface area contributed by atoms with Crippen LogP contribution >= 0.6 is 0 Å². The maximum atomic E-state index is 12.3. The molecule has 0 amide bonds. The maximum absolute atomic E-state index is 12.3. The van der Waals surface area contributed by atoms with E-state index in [2.05, 4.69) is 58.6 Å². The molecule has 1 N–H and O–H groups in total. The molecule has 8 saturated heterocycles. The van der Waals surface area contributed by atoms with Crippen molar-refractivity contribution in [1.29, 1.82) is 0 Å². The van der Waals surface area contributed by atoms with E-state index in [0.717, 1.165) is 57.7 Å². The van der Waals surface area contributed by atoms with Gasteiger partial charge in [-0.3, -0.25) is 9.59 Å². The summed E-state index contributed by atoms with van der Waals surface area (Å²) in [7, 11) is 0. The van der Waals surface area contributed by atoms with Crippen LogP contribution in [-0.2, 0) is 57.0 Å². The second kappa shape index (κ2) is 17.6. The van der Waals surface area contributed by atoms with Crippen molar-refractivity contribution in [3.63, 3.8) is 0 Å². The van der Waals surface area contributed by atoms with Gasteiger partial charge < -0.3 is 52.5 Å². The highest BCUT2D eigenvalue weighted by molar-refractivity contribution is 5.72. The molecule has 0 bridgehead atoms. The van der Waals surface area contributed by atoms with Crippen LogP contribution in [0.4, 0.5) is 0 Å². The van der Waals surface area contributed by atoms with E-state index in [4.69, 9.17) is 47.4 Å². The molecule has 0 aromatic rings. The Labute approximate surface area is 366 Å². The van der Waals surface area contributed by atoms with Crippen LogP contribution in [0.15, 0.2) is 36.5 Å². The molecule has 0 spiro atoms.